The number of carboxylic acid groups (broad SMARTS) is 1. The molecule has 0 unspecified atom stereocenters. The Morgan fingerprint density at radius 3 is 2.47 bits per heavy atom. The number of carbonyl (C=O) groups is 2. The summed E-state index contributed by atoms with van der Waals surface area (Å²) in [6, 6.07) is 1.28. The van der Waals surface area contributed by atoms with Crippen LogP contribution in [0.4, 0.5) is 0 Å². The Bertz CT molecular complexity index is 516. The molecule has 1 rings (SSSR count). The van der Waals surface area contributed by atoms with Crippen LogP contribution in [-0.4, -0.2) is 27.5 Å². The van der Waals surface area contributed by atoms with Gasteiger partial charge < -0.3 is 15.4 Å². The monoisotopic (exact) mass is 238 g/mol. The molecule has 0 aliphatic heterocycles. The first-order valence-corrected chi connectivity index (χ1v) is 4.99. The average molecular weight is 238 g/mol. The molecule has 0 bridgehead atoms. The molecule has 0 fully saturated rings. The van der Waals surface area contributed by atoms with Crippen LogP contribution in [0.5, 0.6) is 0 Å². The molecule has 0 aromatic carbocycles. The fraction of sp³-hybridized carbons (Fsp3) is 0.364. The van der Waals surface area contributed by atoms with Gasteiger partial charge in [0.1, 0.15) is 11.1 Å². The predicted octanol–water partition coefficient (Wildman–Crippen LogP) is 0.276. The number of hydrogen-bond acceptors (Lipinski definition) is 3. The highest BCUT2D eigenvalue weighted by molar-refractivity contribution is 5.97. The van der Waals surface area contributed by atoms with Crippen LogP contribution in [-0.2, 0) is 4.79 Å². The lowest BCUT2D eigenvalue weighted by Gasteiger charge is -2.20. The molecule has 0 saturated heterocycles. The molecule has 0 radical (unpaired) electrons. The van der Waals surface area contributed by atoms with Gasteiger partial charge in [0, 0.05) is 18.0 Å². The summed E-state index contributed by atoms with van der Waals surface area (Å²) >= 11 is 0. The largest absolute Gasteiger partial charge is 0.480 e. The fourth-order valence-corrected chi connectivity index (χ4v) is 1.16. The maximum absolute atomic E-state index is 11.7. The number of carboxylic acids is 1. The first-order valence-electron chi connectivity index (χ1n) is 4.99. The normalized spacial score (nSPS) is 11.0. The number of carbonyl (C=O) groups excluding carboxylic acids is 1. The Morgan fingerprint density at radius 2 is 2.00 bits per heavy atom. The second kappa shape index (κ2) is 4.40. The molecule has 17 heavy (non-hydrogen) atoms. The van der Waals surface area contributed by atoms with Crippen LogP contribution in [0.25, 0.3) is 0 Å². The van der Waals surface area contributed by atoms with Crippen LogP contribution in [0.2, 0.25) is 0 Å². The minimum atomic E-state index is -1.42. The molecule has 0 aliphatic carbocycles. The van der Waals surface area contributed by atoms with Gasteiger partial charge in [0.2, 0.25) is 0 Å². The Kier molecular flexibility index (Phi) is 3.36. The number of aromatic amines is 1. The quantitative estimate of drug-likeness (QED) is 0.704. The first kappa shape index (κ1) is 13.0. The van der Waals surface area contributed by atoms with Gasteiger partial charge in [-0.1, -0.05) is 0 Å². The highest BCUT2D eigenvalue weighted by Gasteiger charge is 2.29. The topological polar surface area (TPSA) is 99.3 Å². The third-order valence-electron chi connectivity index (χ3n) is 2.26. The van der Waals surface area contributed by atoms with Crippen molar-refractivity contribution in [3.8, 4) is 0 Å². The Balaban J connectivity index is 2.99. The minimum absolute atomic E-state index is 0.107. The van der Waals surface area contributed by atoms with Crippen LogP contribution >= 0.6 is 0 Å². The summed E-state index contributed by atoms with van der Waals surface area (Å²) in [6.07, 6.45) is 1.27. The molecule has 1 heterocycles. The van der Waals surface area contributed by atoms with Crippen molar-refractivity contribution in [2.24, 2.45) is 0 Å². The minimum Gasteiger partial charge on any atom is -0.480 e. The summed E-state index contributed by atoms with van der Waals surface area (Å²) in [5, 5.41) is 11.1. The zero-order valence-corrected chi connectivity index (χ0v) is 9.83. The predicted molar refractivity (Wildman–Crippen MR) is 61.0 cm³/mol. The standard InChI is InChI=1S/C11H14N2O4/c1-6-4-8(14)7(5-12-6)9(15)13-11(2,3)10(16)17/h4-5H,1-3H3,(H,12,14)(H,13,15)(H,16,17). The van der Waals surface area contributed by atoms with Crippen molar-refractivity contribution in [2.45, 2.75) is 26.3 Å². The van der Waals surface area contributed by atoms with Gasteiger partial charge in [0.25, 0.3) is 5.91 Å². The Labute approximate surface area is 97.7 Å². The second-order valence-corrected chi connectivity index (χ2v) is 4.28. The van der Waals surface area contributed by atoms with E-state index < -0.39 is 22.8 Å². The van der Waals surface area contributed by atoms with E-state index in [1.54, 1.807) is 6.92 Å². The number of aliphatic carboxylic acids is 1. The lowest BCUT2D eigenvalue weighted by molar-refractivity contribution is -0.143. The third kappa shape index (κ3) is 2.93. The molecule has 0 aliphatic rings. The van der Waals surface area contributed by atoms with Gasteiger partial charge in [-0.25, -0.2) is 4.79 Å². The number of pyridine rings is 1. The second-order valence-electron chi connectivity index (χ2n) is 4.28. The van der Waals surface area contributed by atoms with Gasteiger partial charge in [0.15, 0.2) is 5.43 Å². The van der Waals surface area contributed by atoms with Crippen LogP contribution < -0.4 is 10.7 Å². The smallest absolute Gasteiger partial charge is 0.328 e. The molecule has 0 atom stereocenters. The van der Waals surface area contributed by atoms with Gasteiger partial charge in [0.05, 0.1) is 0 Å². The highest BCUT2D eigenvalue weighted by Crippen LogP contribution is 2.03. The van der Waals surface area contributed by atoms with Crippen molar-refractivity contribution in [2.75, 3.05) is 0 Å². The van der Waals surface area contributed by atoms with E-state index in [9.17, 15) is 14.4 Å². The molecule has 6 nitrogen and oxygen atoms in total. The lowest BCUT2D eigenvalue weighted by Crippen LogP contribution is -2.50. The third-order valence-corrected chi connectivity index (χ3v) is 2.26. The Morgan fingerprint density at radius 1 is 1.41 bits per heavy atom. The van der Waals surface area contributed by atoms with Gasteiger partial charge in [-0.15, -0.1) is 0 Å². The van der Waals surface area contributed by atoms with E-state index >= 15 is 0 Å². The summed E-state index contributed by atoms with van der Waals surface area (Å²) in [6.45, 7) is 4.37. The van der Waals surface area contributed by atoms with Crippen LogP contribution in [0, 0.1) is 6.92 Å². The maximum Gasteiger partial charge on any atom is 0.328 e. The van der Waals surface area contributed by atoms with Crippen LogP contribution in [0.1, 0.15) is 29.9 Å². The number of nitrogens with one attached hydrogen (secondary N) is 2. The number of hydrogen-bond donors (Lipinski definition) is 3. The van der Waals surface area contributed by atoms with E-state index in [1.165, 1.54) is 26.1 Å². The summed E-state index contributed by atoms with van der Waals surface area (Å²) in [4.78, 5) is 36.8. The number of rotatable bonds is 3. The number of aryl methyl sites for hydroxylation is 1. The summed E-state index contributed by atoms with van der Waals surface area (Å²) in [5.74, 6) is -1.88. The molecular formula is C11H14N2O4. The van der Waals surface area contributed by atoms with Crippen LogP contribution in [0.15, 0.2) is 17.1 Å². The molecule has 3 N–H and O–H groups in total. The van der Waals surface area contributed by atoms with E-state index in [0.717, 1.165) is 0 Å². The van der Waals surface area contributed by atoms with Gasteiger partial charge in [-0.2, -0.15) is 0 Å². The van der Waals surface area contributed by atoms with Crippen molar-refractivity contribution in [3.63, 3.8) is 0 Å². The number of aromatic nitrogens is 1. The molecule has 0 spiro atoms. The van der Waals surface area contributed by atoms with E-state index in [2.05, 4.69) is 10.3 Å². The molecule has 1 amide bonds. The van der Waals surface area contributed by atoms with Crippen molar-refractivity contribution >= 4 is 11.9 Å². The van der Waals surface area contributed by atoms with E-state index in [4.69, 9.17) is 5.11 Å². The highest BCUT2D eigenvalue weighted by atomic mass is 16.4. The van der Waals surface area contributed by atoms with E-state index in [-0.39, 0.29) is 5.56 Å². The zero-order valence-electron chi connectivity index (χ0n) is 9.83. The van der Waals surface area contributed by atoms with Gasteiger partial charge in [-0.3, -0.25) is 9.59 Å². The fourth-order valence-electron chi connectivity index (χ4n) is 1.16. The maximum atomic E-state index is 11.7. The van der Waals surface area contributed by atoms with Gasteiger partial charge >= 0.3 is 5.97 Å². The number of amides is 1. The van der Waals surface area contributed by atoms with Crippen molar-refractivity contribution in [3.05, 3.63) is 33.7 Å². The molecule has 6 heteroatoms. The SMILES string of the molecule is Cc1cc(=O)c(C(=O)NC(C)(C)C(=O)O)c[nH]1. The molecule has 92 valence electrons. The van der Waals surface area contributed by atoms with E-state index in [0.29, 0.717) is 5.69 Å². The van der Waals surface area contributed by atoms with Crippen molar-refractivity contribution < 1.29 is 14.7 Å². The molecule has 0 saturated carbocycles. The molecule has 1 aromatic rings. The van der Waals surface area contributed by atoms with Crippen molar-refractivity contribution in [1.82, 2.24) is 10.3 Å². The summed E-state index contributed by atoms with van der Waals surface area (Å²) < 4.78 is 0. The Hall–Kier alpha value is -2.11. The number of H-pyrrole nitrogens is 1. The van der Waals surface area contributed by atoms with E-state index in [1.807, 2.05) is 0 Å². The van der Waals surface area contributed by atoms with Gasteiger partial charge in [-0.05, 0) is 20.8 Å². The molecule has 1 aromatic heterocycles. The zero-order chi connectivity index (χ0) is 13.2. The molecular weight excluding hydrogens is 224 g/mol. The summed E-state index contributed by atoms with van der Waals surface area (Å²) in [7, 11) is 0. The van der Waals surface area contributed by atoms with Crippen LogP contribution in [0.3, 0.4) is 0 Å². The summed E-state index contributed by atoms with van der Waals surface area (Å²) in [5.41, 5.74) is -1.34. The first-order chi connectivity index (χ1) is 7.74. The lowest BCUT2D eigenvalue weighted by atomic mass is 10.1. The van der Waals surface area contributed by atoms with Crippen molar-refractivity contribution in [1.29, 1.82) is 0 Å². The average Bonchev–Trinajstić information content (AvgIpc) is 2.15.